The van der Waals surface area contributed by atoms with Gasteiger partial charge in [0.25, 0.3) is 0 Å². The molecule has 6 heteroatoms. The van der Waals surface area contributed by atoms with E-state index in [2.05, 4.69) is 0 Å². The van der Waals surface area contributed by atoms with Crippen molar-refractivity contribution in [3.05, 3.63) is 29.3 Å². The summed E-state index contributed by atoms with van der Waals surface area (Å²) in [6.07, 6.45) is -4.47. The summed E-state index contributed by atoms with van der Waals surface area (Å²) in [5, 5.41) is 0. The Morgan fingerprint density at radius 3 is 2.31 bits per heavy atom. The molecule has 0 aliphatic carbocycles. The standard InChI is InChI=1S/C10H11F3N2O/c1-5(14)9(16)7-3-2-6(4-8(7)15)10(11,12)13/h2-5H,14-15H2,1H3. The minimum Gasteiger partial charge on any atom is -0.398 e. The number of ketones is 1. The summed E-state index contributed by atoms with van der Waals surface area (Å²) in [6, 6.07) is 1.80. The maximum atomic E-state index is 12.3. The first-order valence-electron chi connectivity index (χ1n) is 4.50. The Morgan fingerprint density at radius 1 is 1.38 bits per heavy atom. The molecule has 0 radical (unpaired) electrons. The zero-order valence-corrected chi connectivity index (χ0v) is 8.51. The molecule has 1 aromatic rings. The number of hydrogen-bond donors (Lipinski definition) is 2. The lowest BCUT2D eigenvalue weighted by atomic mass is 10.0. The molecule has 0 saturated heterocycles. The highest BCUT2D eigenvalue weighted by Gasteiger charge is 2.31. The van der Waals surface area contributed by atoms with E-state index in [-0.39, 0.29) is 11.3 Å². The van der Waals surface area contributed by atoms with Crippen molar-refractivity contribution in [2.24, 2.45) is 5.73 Å². The van der Waals surface area contributed by atoms with E-state index in [1.807, 2.05) is 0 Å². The Labute approximate surface area is 90.2 Å². The monoisotopic (exact) mass is 232 g/mol. The van der Waals surface area contributed by atoms with Crippen molar-refractivity contribution in [2.75, 3.05) is 5.73 Å². The van der Waals surface area contributed by atoms with Crippen LogP contribution < -0.4 is 11.5 Å². The summed E-state index contributed by atoms with van der Waals surface area (Å²) in [4.78, 5) is 11.4. The molecule has 0 fully saturated rings. The van der Waals surface area contributed by atoms with Gasteiger partial charge in [0.05, 0.1) is 11.6 Å². The Bertz CT molecular complexity index is 413. The van der Waals surface area contributed by atoms with Crippen molar-refractivity contribution in [3.8, 4) is 0 Å². The first-order valence-corrected chi connectivity index (χ1v) is 4.50. The van der Waals surface area contributed by atoms with Gasteiger partial charge >= 0.3 is 6.18 Å². The van der Waals surface area contributed by atoms with Gasteiger partial charge in [-0.3, -0.25) is 4.79 Å². The molecule has 0 aliphatic heterocycles. The first-order chi connectivity index (χ1) is 7.23. The number of carbonyl (C=O) groups excluding carboxylic acids is 1. The maximum absolute atomic E-state index is 12.3. The molecule has 0 aromatic heterocycles. The van der Waals surface area contributed by atoms with Gasteiger partial charge in [0.15, 0.2) is 5.78 Å². The van der Waals surface area contributed by atoms with E-state index in [1.165, 1.54) is 6.92 Å². The van der Waals surface area contributed by atoms with E-state index in [0.29, 0.717) is 0 Å². The minimum atomic E-state index is -4.47. The zero-order chi connectivity index (χ0) is 12.5. The van der Waals surface area contributed by atoms with Crippen LogP contribution in [0.5, 0.6) is 0 Å². The fourth-order valence-electron chi connectivity index (χ4n) is 1.21. The molecule has 1 rings (SSSR count). The quantitative estimate of drug-likeness (QED) is 0.603. The molecular weight excluding hydrogens is 221 g/mol. The summed E-state index contributed by atoms with van der Waals surface area (Å²) in [6.45, 7) is 1.44. The fourth-order valence-corrected chi connectivity index (χ4v) is 1.21. The molecular formula is C10H11F3N2O. The van der Waals surface area contributed by atoms with Crippen molar-refractivity contribution >= 4 is 11.5 Å². The lowest BCUT2D eigenvalue weighted by Gasteiger charge is -2.11. The number of Topliss-reactive ketones (excluding diaryl/α,β-unsaturated/α-hetero) is 1. The van der Waals surface area contributed by atoms with Crippen LogP contribution in [0.1, 0.15) is 22.8 Å². The first kappa shape index (κ1) is 12.5. The van der Waals surface area contributed by atoms with E-state index >= 15 is 0 Å². The number of nitrogen functional groups attached to an aromatic ring is 1. The van der Waals surface area contributed by atoms with Crippen LogP contribution in [-0.2, 0) is 6.18 Å². The summed E-state index contributed by atoms with van der Waals surface area (Å²) >= 11 is 0. The highest BCUT2D eigenvalue weighted by molar-refractivity contribution is 6.03. The Morgan fingerprint density at radius 2 is 1.94 bits per heavy atom. The van der Waals surface area contributed by atoms with Crippen LogP contribution in [0, 0.1) is 0 Å². The second-order valence-electron chi connectivity index (χ2n) is 3.45. The molecule has 0 aliphatic rings. The molecule has 3 nitrogen and oxygen atoms in total. The van der Waals surface area contributed by atoms with Crippen LogP contribution in [0.4, 0.5) is 18.9 Å². The van der Waals surface area contributed by atoms with Crippen molar-refractivity contribution in [3.63, 3.8) is 0 Å². The summed E-state index contributed by atoms with van der Waals surface area (Å²) in [7, 11) is 0. The third kappa shape index (κ3) is 2.52. The van der Waals surface area contributed by atoms with Gasteiger partial charge in [0, 0.05) is 11.3 Å². The fraction of sp³-hybridized carbons (Fsp3) is 0.300. The van der Waals surface area contributed by atoms with Crippen LogP contribution in [0.3, 0.4) is 0 Å². The van der Waals surface area contributed by atoms with E-state index in [0.717, 1.165) is 18.2 Å². The van der Waals surface area contributed by atoms with E-state index in [1.54, 1.807) is 0 Å². The molecule has 0 amide bonds. The van der Waals surface area contributed by atoms with Crippen molar-refractivity contribution in [1.29, 1.82) is 0 Å². The largest absolute Gasteiger partial charge is 0.416 e. The molecule has 0 heterocycles. The Hall–Kier alpha value is -1.56. The van der Waals surface area contributed by atoms with Gasteiger partial charge in [-0.2, -0.15) is 13.2 Å². The average Bonchev–Trinajstić information content (AvgIpc) is 2.15. The molecule has 16 heavy (non-hydrogen) atoms. The number of halogens is 3. The third-order valence-corrected chi connectivity index (χ3v) is 2.06. The zero-order valence-electron chi connectivity index (χ0n) is 8.51. The molecule has 1 aromatic carbocycles. The number of benzene rings is 1. The van der Waals surface area contributed by atoms with E-state index < -0.39 is 23.6 Å². The third-order valence-electron chi connectivity index (χ3n) is 2.06. The minimum absolute atomic E-state index is 0.0167. The van der Waals surface area contributed by atoms with Gasteiger partial charge in [-0.05, 0) is 25.1 Å². The Balaban J connectivity index is 3.15. The van der Waals surface area contributed by atoms with Gasteiger partial charge in [-0.1, -0.05) is 0 Å². The van der Waals surface area contributed by atoms with Crippen LogP contribution in [0.15, 0.2) is 18.2 Å². The summed E-state index contributed by atoms with van der Waals surface area (Å²) < 4.78 is 36.9. The van der Waals surface area contributed by atoms with Crippen LogP contribution in [-0.4, -0.2) is 11.8 Å². The lowest BCUT2D eigenvalue weighted by molar-refractivity contribution is -0.137. The van der Waals surface area contributed by atoms with E-state index in [9.17, 15) is 18.0 Å². The molecule has 4 N–H and O–H groups in total. The number of nitrogens with two attached hydrogens (primary N) is 2. The van der Waals surface area contributed by atoms with Crippen LogP contribution in [0.25, 0.3) is 0 Å². The topological polar surface area (TPSA) is 69.1 Å². The Kier molecular flexibility index (Phi) is 3.23. The number of carbonyl (C=O) groups is 1. The van der Waals surface area contributed by atoms with Crippen molar-refractivity contribution in [2.45, 2.75) is 19.1 Å². The number of hydrogen-bond acceptors (Lipinski definition) is 3. The molecule has 0 bridgehead atoms. The van der Waals surface area contributed by atoms with Gasteiger partial charge in [0.1, 0.15) is 0 Å². The second kappa shape index (κ2) is 4.13. The molecule has 88 valence electrons. The van der Waals surface area contributed by atoms with Crippen LogP contribution >= 0.6 is 0 Å². The van der Waals surface area contributed by atoms with E-state index in [4.69, 9.17) is 11.5 Å². The smallest absolute Gasteiger partial charge is 0.398 e. The predicted molar refractivity (Wildman–Crippen MR) is 53.8 cm³/mol. The van der Waals surface area contributed by atoms with Crippen molar-refractivity contribution in [1.82, 2.24) is 0 Å². The molecule has 0 spiro atoms. The molecule has 0 saturated carbocycles. The lowest BCUT2D eigenvalue weighted by Crippen LogP contribution is -2.27. The van der Waals surface area contributed by atoms with Gasteiger partial charge in [0.2, 0.25) is 0 Å². The van der Waals surface area contributed by atoms with Gasteiger partial charge < -0.3 is 11.5 Å². The number of alkyl halides is 3. The molecule has 1 atom stereocenters. The maximum Gasteiger partial charge on any atom is 0.416 e. The summed E-state index contributed by atoms with van der Waals surface area (Å²) in [5.74, 6) is -0.480. The van der Waals surface area contributed by atoms with Crippen molar-refractivity contribution < 1.29 is 18.0 Å². The normalized spacial score (nSPS) is 13.6. The summed E-state index contributed by atoms with van der Waals surface area (Å²) in [5.41, 5.74) is 9.64. The highest BCUT2D eigenvalue weighted by atomic mass is 19.4. The van der Waals surface area contributed by atoms with Gasteiger partial charge in [-0.25, -0.2) is 0 Å². The van der Waals surface area contributed by atoms with Crippen LogP contribution in [0.2, 0.25) is 0 Å². The number of rotatable bonds is 2. The second-order valence-corrected chi connectivity index (χ2v) is 3.45. The average molecular weight is 232 g/mol. The molecule has 1 unspecified atom stereocenters. The SMILES string of the molecule is CC(N)C(=O)c1ccc(C(F)(F)F)cc1N. The van der Waals surface area contributed by atoms with Gasteiger partial charge in [-0.15, -0.1) is 0 Å². The number of anilines is 1. The predicted octanol–water partition coefficient (Wildman–Crippen LogP) is 1.82. The highest BCUT2D eigenvalue weighted by Crippen LogP contribution is 2.31.